The van der Waals surface area contributed by atoms with Crippen LogP contribution in [0.1, 0.15) is 19.8 Å². The summed E-state index contributed by atoms with van der Waals surface area (Å²) in [7, 11) is -2.12. The highest BCUT2D eigenvalue weighted by Gasteiger charge is 2.29. The van der Waals surface area contributed by atoms with Gasteiger partial charge in [0.15, 0.2) is 5.75 Å². The Balaban J connectivity index is 2.39. The normalized spacial score (nSPS) is 20.9. The summed E-state index contributed by atoms with van der Waals surface area (Å²) in [5.41, 5.74) is 0. The molecule has 1 aliphatic heterocycles. The van der Waals surface area contributed by atoms with Gasteiger partial charge < -0.3 is 4.74 Å². The fraction of sp³-hybridized carbons (Fsp3) is 0.538. The predicted molar refractivity (Wildman–Crippen MR) is 80.2 cm³/mol. The van der Waals surface area contributed by atoms with E-state index in [4.69, 9.17) is 27.9 Å². The van der Waals surface area contributed by atoms with Gasteiger partial charge in [0.05, 0.1) is 22.1 Å². The van der Waals surface area contributed by atoms with Gasteiger partial charge in [-0.2, -0.15) is 4.31 Å². The van der Waals surface area contributed by atoms with E-state index in [1.54, 1.807) is 0 Å². The smallest absolute Gasteiger partial charge is 0.243 e. The van der Waals surface area contributed by atoms with Gasteiger partial charge in [0.1, 0.15) is 0 Å². The van der Waals surface area contributed by atoms with E-state index >= 15 is 0 Å². The van der Waals surface area contributed by atoms with Crippen molar-refractivity contribution in [3.63, 3.8) is 0 Å². The number of methoxy groups -OCH3 is 1. The second kappa shape index (κ2) is 6.10. The molecule has 0 unspecified atom stereocenters. The maximum atomic E-state index is 12.6. The van der Waals surface area contributed by atoms with Crippen LogP contribution in [-0.2, 0) is 10.0 Å². The van der Waals surface area contributed by atoms with Crippen LogP contribution in [0.25, 0.3) is 0 Å². The maximum Gasteiger partial charge on any atom is 0.243 e. The summed E-state index contributed by atoms with van der Waals surface area (Å²) in [5.74, 6) is 0.655. The summed E-state index contributed by atoms with van der Waals surface area (Å²) in [6, 6.07) is 2.78. The molecular weight excluding hydrogens is 321 g/mol. The lowest BCUT2D eigenvalue weighted by Gasteiger charge is -2.30. The fourth-order valence-corrected chi connectivity index (χ4v) is 4.82. The van der Waals surface area contributed by atoms with Crippen LogP contribution < -0.4 is 4.74 Å². The molecule has 1 saturated heterocycles. The number of hydrogen-bond acceptors (Lipinski definition) is 3. The van der Waals surface area contributed by atoms with Crippen molar-refractivity contribution >= 4 is 33.2 Å². The molecule has 0 N–H and O–H groups in total. The minimum absolute atomic E-state index is 0.113. The molecule has 0 amide bonds. The van der Waals surface area contributed by atoms with Gasteiger partial charge in [-0.1, -0.05) is 30.1 Å². The average Bonchev–Trinajstić information content (AvgIpc) is 2.38. The Morgan fingerprint density at radius 2 is 1.90 bits per heavy atom. The zero-order valence-electron chi connectivity index (χ0n) is 11.4. The molecule has 1 atom stereocenters. The molecule has 1 aromatic rings. The standard InChI is InChI=1S/C13H17Cl2NO3S/c1-9-4-3-5-16(8-9)20(17,18)10-6-11(14)13(19-2)12(15)7-10/h6-7,9H,3-5,8H2,1-2H3/t9-/m1/s1. The molecule has 1 fully saturated rings. The third-order valence-corrected chi connectivity index (χ3v) is 5.84. The first kappa shape index (κ1) is 15.9. The molecule has 0 aliphatic carbocycles. The number of piperidine rings is 1. The number of nitrogens with zero attached hydrogens (tertiary/aromatic N) is 1. The van der Waals surface area contributed by atoms with Gasteiger partial charge in [-0.05, 0) is 30.9 Å². The Morgan fingerprint density at radius 1 is 1.30 bits per heavy atom. The molecule has 1 aromatic carbocycles. The molecule has 1 aliphatic rings. The van der Waals surface area contributed by atoms with Crippen LogP contribution in [0.15, 0.2) is 17.0 Å². The first-order valence-corrected chi connectivity index (χ1v) is 8.59. The zero-order chi connectivity index (χ0) is 14.9. The average molecular weight is 338 g/mol. The van der Waals surface area contributed by atoms with Crippen molar-refractivity contribution in [2.75, 3.05) is 20.2 Å². The van der Waals surface area contributed by atoms with Crippen molar-refractivity contribution in [1.82, 2.24) is 4.31 Å². The van der Waals surface area contributed by atoms with Crippen LogP contribution in [0.3, 0.4) is 0 Å². The molecule has 0 aromatic heterocycles. The van der Waals surface area contributed by atoms with E-state index in [1.807, 2.05) is 0 Å². The van der Waals surface area contributed by atoms with Gasteiger partial charge >= 0.3 is 0 Å². The van der Waals surface area contributed by atoms with Gasteiger partial charge in [0.2, 0.25) is 10.0 Å². The van der Waals surface area contributed by atoms with Crippen LogP contribution in [0.5, 0.6) is 5.75 Å². The Kier molecular flexibility index (Phi) is 4.84. The first-order chi connectivity index (χ1) is 9.36. The van der Waals surface area contributed by atoms with Gasteiger partial charge in [0, 0.05) is 13.1 Å². The van der Waals surface area contributed by atoms with Crippen molar-refractivity contribution in [2.45, 2.75) is 24.7 Å². The third-order valence-electron chi connectivity index (χ3n) is 3.43. The van der Waals surface area contributed by atoms with E-state index < -0.39 is 10.0 Å². The molecule has 20 heavy (non-hydrogen) atoms. The van der Waals surface area contributed by atoms with E-state index in [1.165, 1.54) is 23.5 Å². The highest BCUT2D eigenvalue weighted by Crippen LogP contribution is 2.36. The number of hydrogen-bond donors (Lipinski definition) is 0. The van der Waals surface area contributed by atoms with E-state index in [0.717, 1.165) is 12.8 Å². The van der Waals surface area contributed by atoms with Gasteiger partial charge in [-0.25, -0.2) is 8.42 Å². The molecule has 0 bridgehead atoms. The molecule has 2 rings (SSSR count). The lowest BCUT2D eigenvalue weighted by molar-refractivity contribution is 0.281. The van der Waals surface area contributed by atoms with Crippen LogP contribution in [0.4, 0.5) is 0 Å². The molecule has 112 valence electrons. The quantitative estimate of drug-likeness (QED) is 0.848. The topological polar surface area (TPSA) is 46.6 Å². The highest BCUT2D eigenvalue weighted by molar-refractivity contribution is 7.89. The Labute approximate surface area is 129 Å². The summed E-state index contributed by atoms with van der Waals surface area (Å²) in [5, 5.41) is 0.396. The fourth-order valence-electron chi connectivity index (χ4n) is 2.39. The van der Waals surface area contributed by atoms with Gasteiger partial charge in [-0.15, -0.1) is 0 Å². The highest BCUT2D eigenvalue weighted by atomic mass is 35.5. The monoisotopic (exact) mass is 337 g/mol. The summed E-state index contributed by atoms with van der Waals surface area (Å²) >= 11 is 12.0. The Morgan fingerprint density at radius 3 is 2.40 bits per heavy atom. The third kappa shape index (κ3) is 3.06. The summed E-state index contributed by atoms with van der Waals surface area (Å²) < 4.78 is 31.7. The number of rotatable bonds is 3. The van der Waals surface area contributed by atoms with Gasteiger partial charge in [-0.3, -0.25) is 0 Å². The van der Waals surface area contributed by atoms with Crippen LogP contribution in [-0.4, -0.2) is 32.9 Å². The zero-order valence-corrected chi connectivity index (χ0v) is 13.7. The second-order valence-electron chi connectivity index (χ2n) is 5.03. The number of benzene rings is 1. The number of ether oxygens (including phenoxy) is 1. The second-order valence-corrected chi connectivity index (χ2v) is 7.78. The van der Waals surface area contributed by atoms with Crippen LogP contribution in [0, 0.1) is 5.92 Å². The SMILES string of the molecule is COc1c(Cl)cc(S(=O)(=O)N2CCC[C@@H](C)C2)cc1Cl. The van der Waals surface area contributed by atoms with Crippen molar-refractivity contribution in [2.24, 2.45) is 5.92 Å². The van der Waals surface area contributed by atoms with Crippen LogP contribution >= 0.6 is 23.2 Å². The number of halogens is 2. The van der Waals surface area contributed by atoms with E-state index in [0.29, 0.717) is 24.8 Å². The maximum absolute atomic E-state index is 12.6. The summed E-state index contributed by atoms with van der Waals surface area (Å²) in [6.45, 7) is 3.12. The molecule has 1 heterocycles. The lowest BCUT2D eigenvalue weighted by Crippen LogP contribution is -2.39. The minimum atomic E-state index is -3.56. The van der Waals surface area contributed by atoms with Gasteiger partial charge in [0.25, 0.3) is 0 Å². The van der Waals surface area contributed by atoms with Crippen molar-refractivity contribution in [3.8, 4) is 5.75 Å². The molecule has 7 heteroatoms. The minimum Gasteiger partial charge on any atom is -0.494 e. The van der Waals surface area contributed by atoms with Crippen molar-refractivity contribution in [1.29, 1.82) is 0 Å². The van der Waals surface area contributed by atoms with Crippen LogP contribution in [0.2, 0.25) is 10.0 Å². The molecule has 0 radical (unpaired) electrons. The number of sulfonamides is 1. The van der Waals surface area contributed by atoms with E-state index in [2.05, 4.69) is 6.92 Å². The Bertz CT molecular complexity index is 581. The van der Waals surface area contributed by atoms with E-state index in [-0.39, 0.29) is 14.9 Å². The molecule has 0 saturated carbocycles. The largest absolute Gasteiger partial charge is 0.494 e. The molecule has 0 spiro atoms. The first-order valence-electron chi connectivity index (χ1n) is 6.39. The van der Waals surface area contributed by atoms with Crippen molar-refractivity contribution < 1.29 is 13.2 Å². The summed E-state index contributed by atoms with van der Waals surface area (Å²) in [4.78, 5) is 0.113. The predicted octanol–water partition coefficient (Wildman–Crippen LogP) is 3.42. The Hall–Kier alpha value is -0.490. The summed E-state index contributed by atoms with van der Waals surface area (Å²) in [6.07, 6.45) is 1.92. The molecular formula is C13H17Cl2NO3S. The lowest BCUT2D eigenvalue weighted by atomic mass is 10.0. The molecule has 4 nitrogen and oxygen atoms in total. The van der Waals surface area contributed by atoms with E-state index in [9.17, 15) is 8.42 Å². The van der Waals surface area contributed by atoms with Crippen molar-refractivity contribution in [3.05, 3.63) is 22.2 Å².